The quantitative estimate of drug-likeness (QED) is 0.684. The Labute approximate surface area is 182 Å². The summed E-state index contributed by atoms with van der Waals surface area (Å²) in [4.78, 5) is 18.9. The minimum Gasteiger partial charge on any atom is -0.322 e. The first kappa shape index (κ1) is 20.4. The standard InChI is InChI=1S/C24H32N6O/c1-16-13-18-15-20(24(31)25-21(18)14-17(16)2)22(29-11-7-4-8-12-29)23-26-27-28-30(23)19-9-5-3-6-10-19/h13-15,19,22H,3-12H2,1-2H3,(H,25,31)/t22-/m1/s1. The molecule has 1 aromatic carbocycles. The Kier molecular flexibility index (Phi) is 5.61. The van der Waals surface area contributed by atoms with Crippen molar-refractivity contribution in [2.45, 2.75) is 77.3 Å². The van der Waals surface area contributed by atoms with Crippen molar-refractivity contribution in [3.8, 4) is 0 Å². The van der Waals surface area contributed by atoms with E-state index < -0.39 is 0 Å². The first-order valence-corrected chi connectivity index (χ1v) is 11.8. The highest BCUT2D eigenvalue weighted by Gasteiger charge is 2.33. The number of aromatic amines is 1. The van der Waals surface area contributed by atoms with E-state index in [2.05, 4.69) is 57.5 Å². The lowest BCUT2D eigenvalue weighted by Crippen LogP contribution is -2.39. The molecule has 0 bridgehead atoms. The van der Waals surface area contributed by atoms with Gasteiger partial charge < -0.3 is 4.98 Å². The molecule has 0 spiro atoms. The summed E-state index contributed by atoms with van der Waals surface area (Å²) < 4.78 is 2.03. The molecule has 1 aliphatic heterocycles. The normalized spacial score (nSPS) is 19.7. The van der Waals surface area contributed by atoms with Gasteiger partial charge in [-0.1, -0.05) is 25.7 Å². The van der Waals surface area contributed by atoms with Crippen molar-refractivity contribution in [3.05, 3.63) is 51.1 Å². The van der Waals surface area contributed by atoms with Crippen LogP contribution in [0.4, 0.5) is 0 Å². The van der Waals surface area contributed by atoms with E-state index in [1.807, 2.05) is 4.68 Å². The van der Waals surface area contributed by atoms with Crippen LogP contribution in [0.3, 0.4) is 0 Å². The fraction of sp³-hybridized carbons (Fsp3) is 0.583. The van der Waals surface area contributed by atoms with Crippen LogP contribution in [0, 0.1) is 13.8 Å². The molecular formula is C24H32N6O. The Morgan fingerprint density at radius 1 is 0.968 bits per heavy atom. The summed E-state index contributed by atoms with van der Waals surface area (Å²) in [7, 11) is 0. The van der Waals surface area contributed by atoms with E-state index in [1.165, 1.54) is 36.8 Å². The van der Waals surface area contributed by atoms with Gasteiger partial charge >= 0.3 is 0 Å². The highest BCUT2D eigenvalue weighted by atomic mass is 16.1. The average molecular weight is 421 g/mol. The number of pyridine rings is 1. The maximum Gasteiger partial charge on any atom is 0.253 e. The number of tetrazole rings is 1. The minimum atomic E-state index is -0.216. The van der Waals surface area contributed by atoms with Crippen molar-refractivity contribution in [1.29, 1.82) is 0 Å². The third kappa shape index (κ3) is 3.91. The van der Waals surface area contributed by atoms with Crippen LogP contribution < -0.4 is 5.56 Å². The molecule has 3 aromatic rings. The number of likely N-dealkylation sites (tertiary alicyclic amines) is 1. The number of nitrogens with zero attached hydrogens (tertiary/aromatic N) is 5. The van der Waals surface area contributed by atoms with Crippen LogP contribution in [0.1, 0.15) is 86.0 Å². The highest BCUT2D eigenvalue weighted by Crippen LogP contribution is 2.34. The molecule has 1 atom stereocenters. The number of hydrogen-bond acceptors (Lipinski definition) is 5. The van der Waals surface area contributed by atoms with Gasteiger partial charge in [0.05, 0.1) is 6.04 Å². The summed E-state index contributed by atoms with van der Waals surface area (Å²) in [6.45, 7) is 6.13. The molecule has 0 radical (unpaired) electrons. The zero-order chi connectivity index (χ0) is 21.4. The van der Waals surface area contributed by atoms with Gasteiger partial charge in [0.25, 0.3) is 5.56 Å². The van der Waals surface area contributed by atoms with Gasteiger partial charge in [0.1, 0.15) is 6.04 Å². The van der Waals surface area contributed by atoms with Crippen molar-refractivity contribution >= 4 is 10.9 Å². The zero-order valence-electron chi connectivity index (χ0n) is 18.6. The van der Waals surface area contributed by atoms with Crippen LogP contribution in [0.25, 0.3) is 10.9 Å². The van der Waals surface area contributed by atoms with Crippen LogP contribution in [0.2, 0.25) is 0 Å². The molecule has 1 saturated heterocycles. The topological polar surface area (TPSA) is 79.7 Å². The molecule has 7 nitrogen and oxygen atoms in total. The summed E-state index contributed by atoms with van der Waals surface area (Å²) in [6, 6.07) is 6.42. The second-order valence-electron chi connectivity index (χ2n) is 9.35. The fourth-order valence-corrected chi connectivity index (χ4v) is 5.34. The lowest BCUT2D eigenvalue weighted by Gasteiger charge is -2.34. The van der Waals surface area contributed by atoms with Gasteiger partial charge in [-0.05, 0) is 97.8 Å². The number of fused-ring (bicyclic) bond motifs is 1. The molecular weight excluding hydrogens is 388 g/mol. The molecule has 1 N–H and O–H groups in total. The van der Waals surface area contributed by atoms with Crippen molar-refractivity contribution in [3.63, 3.8) is 0 Å². The number of hydrogen-bond donors (Lipinski definition) is 1. The minimum absolute atomic E-state index is 0.0375. The Hall–Kier alpha value is -2.54. The molecule has 2 aromatic heterocycles. The van der Waals surface area contributed by atoms with Gasteiger partial charge in [-0.25, -0.2) is 4.68 Å². The maximum absolute atomic E-state index is 13.3. The first-order valence-electron chi connectivity index (χ1n) is 11.8. The fourth-order valence-electron chi connectivity index (χ4n) is 5.34. The molecule has 1 aliphatic carbocycles. The lowest BCUT2D eigenvalue weighted by atomic mass is 9.94. The van der Waals surface area contributed by atoms with Crippen molar-refractivity contribution in [2.24, 2.45) is 0 Å². The average Bonchev–Trinajstić information content (AvgIpc) is 3.26. The maximum atomic E-state index is 13.3. The van der Waals surface area contributed by atoms with Crippen molar-refractivity contribution in [1.82, 2.24) is 30.1 Å². The molecule has 164 valence electrons. The number of nitrogens with one attached hydrogen (secondary N) is 1. The summed E-state index contributed by atoms with van der Waals surface area (Å²) in [5.41, 5.74) is 4.02. The van der Waals surface area contributed by atoms with Gasteiger partial charge in [-0.15, -0.1) is 5.10 Å². The summed E-state index contributed by atoms with van der Waals surface area (Å²) in [6.07, 6.45) is 9.46. The number of aryl methyl sites for hydroxylation is 2. The van der Waals surface area contributed by atoms with E-state index >= 15 is 0 Å². The third-order valence-corrected chi connectivity index (χ3v) is 7.22. The van der Waals surface area contributed by atoms with Crippen LogP contribution in [-0.4, -0.2) is 43.2 Å². The van der Waals surface area contributed by atoms with Crippen LogP contribution in [0.5, 0.6) is 0 Å². The molecule has 0 unspecified atom stereocenters. The van der Waals surface area contributed by atoms with E-state index in [9.17, 15) is 4.79 Å². The highest BCUT2D eigenvalue weighted by molar-refractivity contribution is 5.81. The van der Waals surface area contributed by atoms with Gasteiger partial charge in [0.2, 0.25) is 0 Å². The van der Waals surface area contributed by atoms with Gasteiger partial charge in [-0.3, -0.25) is 9.69 Å². The van der Waals surface area contributed by atoms with Crippen molar-refractivity contribution < 1.29 is 0 Å². The molecule has 5 rings (SSSR count). The van der Waals surface area contributed by atoms with E-state index in [-0.39, 0.29) is 11.6 Å². The van der Waals surface area contributed by atoms with Crippen LogP contribution in [0.15, 0.2) is 23.0 Å². The number of benzene rings is 1. The Bertz CT molecular complexity index is 1120. The Balaban J connectivity index is 1.64. The monoisotopic (exact) mass is 420 g/mol. The Morgan fingerprint density at radius 2 is 1.68 bits per heavy atom. The summed E-state index contributed by atoms with van der Waals surface area (Å²) in [5.74, 6) is 0.822. The molecule has 0 amide bonds. The van der Waals surface area contributed by atoms with E-state index in [0.717, 1.165) is 61.1 Å². The Morgan fingerprint density at radius 3 is 2.45 bits per heavy atom. The van der Waals surface area contributed by atoms with Gasteiger partial charge in [0, 0.05) is 11.1 Å². The molecule has 2 aliphatic rings. The van der Waals surface area contributed by atoms with Crippen molar-refractivity contribution in [2.75, 3.05) is 13.1 Å². The SMILES string of the molecule is Cc1cc2cc([C@H](c3nnnn3C3CCCCC3)N3CCCCC3)c(=O)[nH]c2cc1C. The number of H-pyrrole nitrogens is 1. The number of piperidine rings is 1. The molecule has 1 saturated carbocycles. The summed E-state index contributed by atoms with van der Waals surface area (Å²) >= 11 is 0. The first-order chi connectivity index (χ1) is 15.1. The van der Waals surface area contributed by atoms with Gasteiger partial charge in [0.15, 0.2) is 5.82 Å². The van der Waals surface area contributed by atoms with Crippen LogP contribution >= 0.6 is 0 Å². The van der Waals surface area contributed by atoms with E-state index in [0.29, 0.717) is 6.04 Å². The third-order valence-electron chi connectivity index (χ3n) is 7.22. The smallest absolute Gasteiger partial charge is 0.253 e. The predicted octanol–water partition coefficient (Wildman–Crippen LogP) is 4.21. The van der Waals surface area contributed by atoms with E-state index in [4.69, 9.17) is 0 Å². The van der Waals surface area contributed by atoms with Gasteiger partial charge in [-0.2, -0.15) is 0 Å². The largest absolute Gasteiger partial charge is 0.322 e. The second kappa shape index (κ2) is 8.54. The van der Waals surface area contributed by atoms with Crippen LogP contribution in [-0.2, 0) is 0 Å². The molecule has 31 heavy (non-hydrogen) atoms. The zero-order valence-corrected chi connectivity index (χ0v) is 18.6. The number of rotatable bonds is 4. The molecule has 7 heteroatoms. The predicted molar refractivity (Wildman–Crippen MR) is 121 cm³/mol. The molecule has 3 heterocycles. The lowest BCUT2D eigenvalue weighted by molar-refractivity contribution is 0.171. The van der Waals surface area contributed by atoms with E-state index in [1.54, 1.807) is 0 Å². The second-order valence-corrected chi connectivity index (χ2v) is 9.35. The number of aromatic nitrogens is 5. The molecule has 2 fully saturated rings. The summed E-state index contributed by atoms with van der Waals surface area (Å²) in [5, 5.41) is 14.1.